The predicted octanol–water partition coefficient (Wildman–Crippen LogP) is 3.94. The van der Waals surface area contributed by atoms with Crippen LogP contribution in [-0.2, 0) is 0 Å². The van der Waals surface area contributed by atoms with Crippen LogP contribution in [0.3, 0.4) is 0 Å². The summed E-state index contributed by atoms with van der Waals surface area (Å²) in [5.74, 6) is 0.418. The van der Waals surface area contributed by atoms with Crippen molar-refractivity contribution in [1.82, 2.24) is 0 Å². The number of nitrogens with two attached hydrogens (primary N) is 1. The summed E-state index contributed by atoms with van der Waals surface area (Å²) in [5.41, 5.74) is 6.84. The first kappa shape index (κ1) is 12.0. The van der Waals surface area contributed by atoms with E-state index in [0.29, 0.717) is 15.8 Å². The van der Waals surface area contributed by atoms with Gasteiger partial charge >= 0.3 is 0 Å². The van der Waals surface area contributed by atoms with Gasteiger partial charge in [0.1, 0.15) is 11.6 Å². The molecular formula is C12H12BrFN2O. The molecule has 0 spiro atoms. The molecule has 0 bridgehead atoms. The molecule has 2 rings (SSSR count). The van der Waals surface area contributed by atoms with Gasteiger partial charge in [0.2, 0.25) is 0 Å². The lowest BCUT2D eigenvalue weighted by atomic mass is 10.2. The first-order valence-corrected chi connectivity index (χ1v) is 5.91. The van der Waals surface area contributed by atoms with Gasteiger partial charge in [-0.15, -0.1) is 0 Å². The molecule has 0 radical (unpaired) electrons. The van der Waals surface area contributed by atoms with Gasteiger partial charge in [-0.05, 0) is 41.1 Å². The lowest BCUT2D eigenvalue weighted by Crippen LogP contribution is -2.08. The molecule has 0 saturated carbocycles. The van der Waals surface area contributed by atoms with Gasteiger partial charge in [-0.2, -0.15) is 0 Å². The lowest BCUT2D eigenvalue weighted by Gasteiger charge is -2.15. The summed E-state index contributed by atoms with van der Waals surface area (Å²) in [6.45, 7) is 1.91. The predicted molar refractivity (Wildman–Crippen MR) is 69.3 cm³/mol. The number of anilines is 2. The van der Waals surface area contributed by atoms with Gasteiger partial charge in [0.15, 0.2) is 0 Å². The molecule has 1 aromatic heterocycles. The second-order valence-electron chi connectivity index (χ2n) is 3.74. The summed E-state index contributed by atoms with van der Waals surface area (Å²) in [4.78, 5) is 0. The summed E-state index contributed by atoms with van der Waals surface area (Å²) in [6.07, 6.45) is 1.60. The molecule has 3 N–H and O–H groups in total. The van der Waals surface area contributed by atoms with E-state index < -0.39 is 0 Å². The molecule has 1 unspecified atom stereocenters. The van der Waals surface area contributed by atoms with E-state index in [-0.39, 0.29) is 11.9 Å². The Kier molecular flexibility index (Phi) is 3.38. The number of hydrogen-bond donors (Lipinski definition) is 2. The highest BCUT2D eigenvalue weighted by Crippen LogP contribution is 2.29. The molecule has 17 heavy (non-hydrogen) atoms. The third-order valence-corrected chi connectivity index (χ3v) is 3.04. The number of benzene rings is 1. The summed E-state index contributed by atoms with van der Waals surface area (Å²) < 4.78 is 19.0. The minimum absolute atomic E-state index is 0.0760. The molecule has 0 fully saturated rings. The zero-order valence-electron chi connectivity index (χ0n) is 9.21. The zero-order chi connectivity index (χ0) is 12.4. The van der Waals surface area contributed by atoms with E-state index in [1.165, 1.54) is 12.1 Å². The fraction of sp³-hybridized carbons (Fsp3) is 0.167. The molecule has 1 aromatic carbocycles. The van der Waals surface area contributed by atoms with Gasteiger partial charge < -0.3 is 15.5 Å². The largest absolute Gasteiger partial charge is 0.467 e. The number of halogens is 2. The normalized spacial score (nSPS) is 12.4. The van der Waals surface area contributed by atoms with E-state index in [0.717, 1.165) is 5.76 Å². The molecule has 0 amide bonds. The van der Waals surface area contributed by atoms with Crippen molar-refractivity contribution in [3.8, 4) is 0 Å². The number of rotatable bonds is 3. The average Bonchev–Trinajstić information content (AvgIpc) is 2.79. The van der Waals surface area contributed by atoms with Crippen LogP contribution in [0.2, 0.25) is 0 Å². The first-order valence-electron chi connectivity index (χ1n) is 5.12. The van der Waals surface area contributed by atoms with Gasteiger partial charge in [0, 0.05) is 6.07 Å². The van der Waals surface area contributed by atoms with E-state index in [4.69, 9.17) is 10.2 Å². The van der Waals surface area contributed by atoms with Gasteiger partial charge in [-0.25, -0.2) is 4.39 Å². The number of nitrogen functional groups attached to an aromatic ring is 1. The highest BCUT2D eigenvalue weighted by molar-refractivity contribution is 9.10. The second-order valence-corrected chi connectivity index (χ2v) is 4.59. The summed E-state index contributed by atoms with van der Waals surface area (Å²) in [6, 6.07) is 6.47. The number of furan rings is 1. The van der Waals surface area contributed by atoms with Crippen LogP contribution in [0.25, 0.3) is 0 Å². The highest BCUT2D eigenvalue weighted by atomic mass is 79.9. The standard InChI is InChI=1S/C12H12BrFN2O/c1-7(12-3-2-4-17-12)16-11-6-9(14)8(13)5-10(11)15/h2-7,16H,15H2,1H3. The molecule has 1 heterocycles. The Balaban J connectivity index is 2.22. The molecular weight excluding hydrogens is 287 g/mol. The van der Waals surface area contributed by atoms with Crippen LogP contribution in [0, 0.1) is 5.82 Å². The molecule has 2 aromatic rings. The molecule has 3 nitrogen and oxygen atoms in total. The molecule has 90 valence electrons. The van der Waals surface area contributed by atoms with Crippen molar-refractivity contribution in [2.24, 2.45) is 0 Å². The Hall–Kier alpha value is -1.49. The summed E-state index contributed by atoms with van der Waals surface area (Å²) >= 11 is 3.08. The molecule has 0 saturated heterocycles. The van der Waals surface area contributed by atoms with E-state index in [1.807, 2.05) is 13.0 Å². The summed E-state index contributed by atoms with van der Waals surface area (Å²) in [5, 5.41) is 3.10. The highest BCUT2D eigenvalue weighted by Gasteiger charge is 2.11. The first-order chi connectivity index (χ1) is 8.08. The monoisotopic (exact) mass is 298 g/mol. The Morgan fingerprint density at radius 1 is 1.47 bits per heavy atom. The third kappa shape index (κ3) is 2.61. The lowest BCUT2D eigenvalue weighted by molar-refractivity contribution is 0.490. The van der Waals surface area contributed by atoms with E-state index >= 15 is 0 Å². The Labute approximate surface area is 107 Å². The maximum atomic E-state index is 13.4. The van der Waals surface area contributed by atoms with Crippen molar-refractivity contribution < 1.29 is 8.81 Å². The fourth-order valence-corrected chi connectivity index (χ4v) is 1.89. The Morgan fingerprint density at radius 2 is 2.24 bits per heavy atom. The maximum absolute atomic E-state index is 13.4. The number of hydrogen-bond acceptors (Lipinski definition) is 3. The van der Waals surface area contributed by atoms with Crippen LogP contribution in [0.1, 0.15) is 18.7 Å². The van der Waals surface area contributed by atoms with E-state index in [9.17, 15) is 4.39 Å². The zero-order valence-corrected chi connectivity index (χ0v) is 10.8. The minimum Gasteiger partial charge on any atom is -0.467 e. The maximum Gasteiger partial charge on any atom is 0.139 e. The van der Waals surface area contributed by atoms with Crippen molar-refractivity contribution in [2.75, 3.05) is 11.1 Å². The molecule has 5 heteroatoms. The van der Waals surface area contributed by atoms with Crippen LogP contribution >= 0.6 is 15.9 Å². The Bertz CT molecular complexity index is 513. The van der Waals surface area contributed by atoms with Crippen LogP contribution in [0.15, 0.2) is 39.4 Å². The Morgan fingerprint density at radius 3 is 2.88 bits per heavy atom. The smallest absolute Gasteiger partial charge is 0.139 e. The quantitative estimate of drug-likeness (QED) is 0.844. The van der Waals surface area contributed by atoms with Crippen molar-refractivity contribution >= 4 is 27.3 Å². The van der Waals surface area contributed by atoms with Crippen molar-refractivity contribution in [3.63, 3.8) is 0 Å². The van der Waals surface area contributed by atoms with Gasteiger partial charge in [0.05, 0.1) is 28.2 Å². The average molecular weight is 299 g/mol. The van der Waals surface area contributed by atoms with Gasteiger partial charge in [0.25, 0.3) is 0 Å². The van der Waals surface area contributed by atoms with Crippen molar-refractivity contribution in [1.29, 1.82) is 0 Å². The van der Waals surface area contributed by atoms with Crippen LogP contribution in [-0.4, -0.2) is 0 Å². The molecule has 0 aliphatic carbocycles. The van der Waals surface area contributed by atoms with Crippen molar-refractivity contribution in [3.05, 3.63) is 46.6 Å². The topological polar surface area (TPSA) is 51.2 Å². The number of nitrogens with one attached hydrogen (secondary N) is 1. The molecule has 0 aliphatic heterocycles. The van der Waals surface area contributed by atoms with Crippen LogP contribution in [0.4, 0.5) is 15.8 Å². The second kappa shape index (κ2) is 4.79. The molecule has 0 aliphatic rings. The van der Waals surface area contributed by atoms with Crippen LogP contribution in [0.5, 0.6) is 0 Å². The van der Waals surface area contributed by atoms with Crippen LogP contribution < -0.4 is 11.1 Å². The van der Waals surface area contributed by atoms with E-state index in [2.05, 4.69) is 21.2 Å². The van der Waals surface area contributed by atoms with Gasteiger partial charge in [-0.1, -0.05) is 0 Å². The van der Waals surface area contributed by atoms with Gasteiger partial charge in [-0.3, -0.25) is 0 Å². The SMILES string of the molecule is CC(Nc1cc(F)c(Br)cc1N)c1ccco1. The fourth-order valence-electron chi connectivity index (χ4n) is 1.53. The molecule has 1 atom stereocenters. The van der Waals surface area contributed by atoms with E-state index in [1.54, 1.807) is 12.3 Å². The minimum atomic E-state index is -0.353. The third-order valence-electron chi connectivity index (χ3n) is 2.43. The van der Waals surface area contributed by atoms with Crippen molar-refractivity contribution in [2.45, 2.75) is 13.0 Å². The summed E-state index contributed by atoms with van der Waals surface area (Å²) in [7, 11) is 0.